The monoisotopic (exact) mass is 228 g/mol. The van der Waals surface area contributed by atoms with Gasteiger partial charge < -0.3 is 10.4 Å². The van der Waals surface area contributed by atoms with Crippen LogP contribution in [0.1, 0.15) is 20.3 Å². The molecular weight excluding hydrogens is 212 g/mol. The first-order valence-corrected chi connectivity index (χ1v) is 5.48. The molecule has 0 radical (unpaired) electrons. The van der Waals surface area contributed by atoms with Crippen molar-refractivity contribution in [1.29, 1.82) is 0 Å². The number of nitrogens with zero attached hydrogens (tertiary/aromatic N) is 1. The molecule has 0 fully saturated rings. The summed E-state index contributed by atoms with van der Waals surface area (Å²) >= 11 is 5.76. The third kappa shape index (κ3) is 4.49. The molecule has 0 aliphatic rings. The smallest absolute Gasteiger partial charge is 0.131 e. The number of rotatable bonds is 5. The van der Waals surface area contributed by atoms with E-state index < -0.39 is 0 Å². The van der Waals surface area contributed by atoms with E-state index >= 15 is 0 Å². The lowest BCUT2D eigenvalue weighted by Crippen LogP contribution is -2.25. The van der Waals surface area contributed by atoms with Gasteiger partial charge in [0.05, 0.1) is 6.61 Å². The van der Waals surface area contributed by atoms with Crippen LogP contribution in [-0.2, 0) is 0 Å². The summed E-state index contributed by atoms with van der Waals surface area (Å²) in [5.41, 5.74) is 0.898. The standard InChI is InChI=1S/C11H17ClN2O/c1-8(2)5-10(7-15)14-9-3-4-13-11(12)6-9/h3-4,6,8,10,15H,5,7H2,1-2H3,(H,13,14). The molecule has 0 aliphatic heterocycles. The van der Waals surface area contributed by atoms with Gasteiger partial charge in [-0.25, -0.2) is 4.98 Å². The molecule has 0 saturated carbocycles. The van der Waals surface area contributed by atoms with Crippen molar-refractivity contribution in [2.75, 3.05) is 11.9 Å². The Morgan fingerprint density at radius 2 is 2.27 bits per heavy atom. The van der Waals surface area contributed by atoms with Crippen molar-refractivity contribution in [2.45, 2.75) is 26.3 Å². The fourth-order valence-corrected chi connectivity index (χ4v) is 1.65. The quantitative estimate of drug-likeness (QED) is 0.762. The van der Waals surface area contributed by atoms with E-state index in [9.17, 15) is 5.11 Å². The second-order valence-electron chi connectivity index (χ2n) is 4.02. The summed E-state index contributed by atoms with van der Waals surface area (Å²) in [7, 11) is 0. The molecule has 0 spiro atoms. The largest absolute Gasteiger partial charge is 0.394 e. The molecular formula is C11H17ClN2O. The van der Waals surface area contributed by atoms with Crippen molar-refractivity contribution in [2.24, 2.45) is 5.92 Å². The van der Waals surface area contributed by atoms with Crippen LogP contribution in [0, 0.1) is 5.92 Å². The zero-order valence-corrected chi connectivity index (χ0v) is 9.83. The van der Waals surface area contributed by atoms with Crippen LogP contribution >= 0.6 is 11.6 Å². The van der Waals surface area contributed by atoms with Crippen molar-refractivity contribution in [3.8, 4) is 0 Å². The number of aromatic nitrogens is 1. The third-order valence-electron chi connectivity index (χ3n) is 2.07. The molecule has 1 unspecified atom stereocenters. The lowest BCUT2D eigenvalue weighted by molar-refractivity contribution is 0.259. The van der Waals surface area contributed by atoms with E-state index in [-0.39, 0.29) is 12.6 Å². The number of pyridine rings is 1. The first kappa shape index (κ1) is 12.3. The molecule has 0 aromatic carbocycles. The number of nitrogens with one attached hydrogen (secondary N) is 1. The summed E-state index contributed by atoms with van der Waals surface area (Å²) < 4.78 is 0. The average molecular weight is 229 g/mol. The second-order valence-corrected chi connectivity index (χ2v) is 4.41. The summed E-state index contributed by atoms with van der Waals surface area (Å²) in [5.74, 6) is 0.548. The molecule has 1 aromatic heterocycles. The Morgan fingerprint density at radius 1 is 1.53 bits per heavy atom. The summed E-state index contributed by atoms with van der Waals surface area (Å²) in [5, 5.41) is 12.9. The van der Waals surface area contributed by atoms with Gasteiger partial charge in [-0.05, 0) is 24.5 Å². The Bertz CT molecular complexity index is 304. The molecule has 1 aromatic rings. The molecule has 0 aliphatic carbocycles. The molecule has 0 amide bonds. The fraction of sp³-hybridized carbons (Fsp3) is 0.545. The van der Waals surface area contributed by atoms with Crippen molar-refractivity contribution in [1.82, 2.24) is 4.98 Å². The highest BCUT2D eigenvalue weighted by molar-refractivity contribution is 6.29. The first-order chi connectivity index (χ1) is 7.11. The molecule has 4 heteroatoms. The third-order valence-corrected chi connectivity index (χ3v) is 2.28. The second kappa shape index (κ2) is 5.93. The van der Waals surface area contributed by atoms with E-state index in [2.05, 4.69) is 24.1 Å². The summed E-state index contributed by atoms with van der Waals surface area (Å²) in [4.78, 5) is 3.90. The molecule has 3 nitrogen and oxygen atoms in total. The normalized spacial score (nSPS) is 12.9. The summed E-state index contributed by atoms with van der Waals surface area (Å²) in [6, 6.07) is 3.67. The number of aliphatic hydroxyl groups excluding tert-OH is 1. The van der Waals surface area contributed by atoms with Crippen LogP contribution < -0.4 is 5.32 Å². The molecule has 15 heavy (non-hydrogen) atoms. The maximum atomic E-state index is 9.19. The average Bonchev–Trinajstić information content (AvgIpc) is 2.16. The predicted octanol–water partition coefficient (Wildman–Crippen LogP) is 2.55. The highest BCUT2D eigenvalue weighted by atomic mass is 35.5. The van der Waals surface area contributed by atoms with Gasteiger partial charge in [-0.3, -0.25) is 0 Å². The van der Waals surface area contributed by atoms with Crippen molar-refractivity contribution < 1.29 is 5.11 Å². The van der Waals surface area contributed by atoms with Gasteiger partial charge in [0.1, 0.15) is 5.15 Å². The highest BCUT2D eigenvalue weighted by Crippen LogP contribution is 2.15. The Kier molecular flexibility index (Phi) is 4.85. The molecule has 1 rings (SSSR count). The molecule has 2 N–H and O–H groups in total. The van der Waals surface area contributed by atoms with Gasteiger partial charge >= 0.3 is 0 Å². The van der Waals surface area contributed by atoms with Gasteiger partial charge in [-0.15, -0.1) is 0 Å². The molecule has 0 bridgehead atoms. The Balaban J connectivity index is 2.58. The van der Waals surface area contributed by atoms with Gasteiger partial charge in [0.2, 0.25) is 0 Å². The van der Waals surface area contributed by atoms with Crippen LogP contribution in [0.3, 0.4) is 0 Å². The van der Waals surface area contributed by atoms with E-state index in [1.165, 1.54) is 0 Å². The maximum Gasteiger partial charge on any atom is 0.131 e. The van der Waals surface area contributed by atoms with Crippen LogP contribution in [0.2, 0.25) is 5.15 Å². The number of hydrogen-bond acceptors (Lipinski definition) is 3. The molecule has 84 valence electrons. The van der Waals surface area contributed by atoms with Crippen LogP contribution in [0.15, 0.2) is 18.3 Å². The Labute approximate surface area is 95.5 Å². The number of halogens is 1. The van der Waals surface area contributed by atoms with E-state index in [1.54, 1.807) is 12.3 Å². The first-order valence-electron chi connectivity index (χ1n) is 5.10. The van der Waals surface area contributed by atoms with E-state index in [4.69, 9.17) is 11.6 Å². The fourth-order valence-electron chi connectivity index (χ4n) is 1.48. The summed E-state index contributed by atoms with van der Waals surface area (Å²) in [6.07, 6.45) is 2.57. The molecule has 1 heterocycles. The zero-order chi connectivity index (χ0) is 11.3. The summed E-state index contributed by atoms with van der Waals surface area (Å²) in [6.45, 7) is 4.38. The lowest BCUT2D eigenvalue weighted by atomic mass is 10.0. The topological polar surface area (TPSA) is 45.1 Å². The van der Waals surface area contributed by atoms with E-state index in [0.717, 1.165) is 12.1 Å². The zero-order valence-electron chi connectivity index (χ0n) is 9.07. The predicted molar refractivity (Wildman–Crippen MR) is 63.2 cm³/mol. The maximum absolute atomic E-state index is 9.19. The highest BCUT2D eigenvalue weighted by Gasteiger charge is 2.09. The van der Waals surface area contributed by atoms with Gasteiger partial charge in [0.15, 0.2) is 0 Å². The lowest BCUT2D eigenvalue weighted by Gasteiger charge is -2.19. The van der Waals surface area contributed by atoms with Gasteiger partial charge in [-0.2, -0.15) is 0 Å². The SMILES string of the molecule is CC(C)CC(CO)Nc1ccnc(Cl)c1. The minimum absolute atomic E-state index is 0.0727. The number of hydrogen-bond donors (Lipinski definition) is 2. The number of anilines is 1. The number of aliphatic hydroxyl groups is 1. The van der Waals surface area contributed by atoms with Crippen LogP contribution in [0.25, 0.3) is 0 Å². The van der Waals surface area contributed by atoms with Crippen LogP contribution in [0.5, 0.6) is 0 Å². The molecule has 0 saturated heterocycles. The Hall–Kier alpha value is -0.800. The van der Waals surface area contributed by atoms with Crippen LogP contribution in [0.4, 0.5) is 5.69 Å². The van der Waals surface area contributed by atoms with Gasteiger partial charge in [0.25, 0.3) is 0 Å². The van der Waals surface area contributed by atoms with E-state index in [0.29, 0.717) is 11.1 Å². The van der Waals surface area contributed by atoms with Crippen molar-refractivity contribution in [3.05, 3.63) is 23.5 Å². The van der Waals surface area contributed by atoms with Gasteiger partial charge in [0, 0.05) is 17.9 Å². The van der Waals surface area contributed by atoms with Crippen LogP contribution in [-0.4, -0.2) is 22.7 Å². The van der Waals surface area contributed by atoms with Gasteiger partial charge in [-0.1, -0.05) is 25.4 Å². The molecule has 1 atom stereocenters. The minimum Gasteiger partial charge on any atom is -0.394 e. The Morgan fingerprint density at radius 3 is 2.80 bits per heavy atom. The van der Waals surface area contributed by atoms with E-state index in [1.807, 2.05) is 6.07 Å². The van der Waals surface area contributed by atoms with Crippen molar-refractivity contribution in [3.63, 3.8) is 0 Å². The minimum atomic E-state index is 0.0727. The van der Waals surface area contributed by atoms with Crippen molar-refractivity contribution >= 4 is 17.3 Å².